The topological polar surface area (TPSA) is 87.8 Å². The van der Waals surface area contributed by atoms with Crippen LogP contribution in [-0.2, 0) is 4.79 Å². The van der Waals surface area contributed by atoms with Gasteiger partial charge in [0, 0.05) is 19.6 Å². The molecular weight excluding hydrogens is 282 g/mol. The maximum Gasteiger partial charge on any atom is 0.325 e. The Labute approximate surface area is 132 Å². The maximum absolute atomic E-state index is 11.3. The summed E-state index contributed by atoms with van der Waals surface area (Å²) in [7, 11) is 0. The molecule has 0 fully saturated rings. The Hall–Kier alpha value is -1.63. The largest absolute Gasteiger partial charge is 0.492 e. The first-order valence-corrected chi connectivity index (χ1v) is 7.73. The Morgan fingerprint density at radius 2 is 1.95 bits per heavy atom. The first-order valence-electron chi connectivity index (χ1n) is 7.73. The predicted molar refractivity (Wildman–Crippen MR) is 87.2 cm³/mol. The third-order valence-electron chi connectivity index (χ3n) is 3.52. The molecule has 0 radical (unpaired) electrons. The number of benzene rings is 1. The molecule has 1 unspecified atom stereocenters. The van der Waals surface area contributed by atoms with Crippen molar-refractivity contribution >= 4 is 5.97 Å². The van der Waals surface area contributed by atoms with E-state index in [2.05, 4.69) is 24.1 Å². The fourth-order valence-electron chi connectivity index (χ4n) is 2.16. The lowest BCUT2D eigenvalue weighted by atomic mass is 10.1. The van der Waals surface area contributed by atoms with E-state index < -0.39 is 12.0 Å². The van der Waals surface area contributed by atoms with Crippen LogP contribution < -0.4 is 15.8 Å². The van der Waals surface area contributed by atoms with Crippen molar-refractivity contribution in [3.8, 4) is 5.75 Å². The Bertz CT molecular complexity index is 433. The molecule has 0 saturated carbocycles. The van der Waals surface area contributed by atoms with Gasteiger partial charge in [-0.3, -0.25) is 10.1 Å². The Morgan fingerprint density at radius 1 is 1.32 bits per heavy atom. The van der Waals surface area contributed by atoms with Crippen molar-refractivity contribution in [2.45, 2.75) is 19.9 Å². The van der Waals surface area contributed by atoms with Crippen LogP contribution in [0.1, 0.15) is 25.5 Å². The van der Waals surface area contributed by atoms with Crippen LogP contribution in [0.2, 0.25) is 0 Å². The highest BCUT2D eigenvalue weighted by molar-refractivity contribution is 5.75. The van der Waals surface area contributed by atoms with Gasteiger partial charge in [0.05, 0.1) is 0 Å². The number of carbonyl (C=O) groups is 1. The summed E-state index contributed by atoms with van der Waals surface area (Å²) in [6.45, 7) is 8.62. The van der Waals surface area contributed by atoms with E-state index in [1.807, 2.05) is 0 Å². The number of aliphatic carboxylic acids is 1. The summed E-state index contributed by atoms with van der Waals surface area (Å²) in [6, 6.07) is 6.41. The molecule has 0 heterocycles. The number of nitrogens with two attached hydrogens (primary N) is 1. The minimum absolute atomic E-state index is 0.399. The van der Waals surface area contributed by atoms with E-state index >= 15 is 0 Å². The molecule has 0 aromatic heterocycles. The summed E-state index contributed by atoms with van der Waals surface area (Å²) < 4.78 is 5.69. The molecule has 0 aliphatic heterocycles. The van der Waals surface area contributed by atoms with Crippen LogP contribution in [-0.4, -0.2) is 55.3 Å². The van der Waals surface area contributed by atoms with E-state index in [4.69, 9.17) is 10.5 Å². The summed E-state index contributed by atoms with van der Waals surface area (Å²) in [5.74, 6) is -0.164. The predicted octanol–water partition coefficient (Wildman–Crippen LogP) is 1.08. The zero-order chi connectivity index (χ0) is 16.4. The van der Waals surface area contributed by atoms with E-state index in [1.54, 1.807) is 24.3 Å². The molecule has 0 saturated heterocycles. The van der Waals surface area contributed by atoms with Crippen molar-refractivity contribution in [1.82, 2.24) is 10.2 Å². The molecule has 124 valence electrons. The van der Waals surface area contributed by atoms with Gasteiger partial charge in [0.2, 0.25) is 0 Å². The quantitative estimate of drug-likeness (QED) is 0.567. The van der Waals surface area contributed by atoms with Crippen molar-refractivity contribution in [2.75, 3.05) is 39.3 Å². The Kier molecular flexibility index (Phi) is 8.50. The van der Waals surface area contributed by atoms with Crippen LogP contribution in [0.25, 0.3) is 0 Å². The van der Waals surface area contributed by atoms with Crippen LogP contribution in [0, 0.1) is 0 Å². The second-order valence-electron chi connectivity index (χ2n) is 4.96. The first-order chi connectivity index (χ1) is 10.6. The minimum atomic E-state index is -0.913. The molecule has 1 aromatic rings. The lowest BCUT2D eigenvalue weighted by molar-refractivity contribution is -0.139. The van der Waals surface area contributed by atoms with Gasteiger partial charge < -0.3 is 20.5 Å². The van der Waals surface area contributed by atoms with Crippen LogP contribution >= 0.6 is 0 Å². The standard InChI is InChI=1S/C16H27N3O3/c1-3-19(4-2)11-12-22-14-7-5-13(6-8-14)15(16(20)21)18-10-9-17/h5-8,15,18H,3-4,9-12,17H2,1-2H3,(H,20,21). The molecule has 0 aliphatic rings. The number of hydrogen-bond donors (Lipinski definition) is 3. The van der Waals surface area contributed by atoms with Crippen LogP contribution in [0.15, 0.2) is 24.3 Å². The monoisotopic (exact) mass is 309 g/mol. The molecule has 6 heteroatoms. The van der Waals surface area contributed by atoms with Gasteiger partial charge >= 0.3 is 5.97 Å². The SMILES string of the molecule is CCN(CC)CCOc1ccc(C(NCCN)C(=O)O)cc1. The molecule has 1 atom stereocenters. The number of nitrogens with zero attached hydrogens (tertiary/aromatic N) is 1. The highest BCUT2D eigenvalue weighted by Gasteiger charge is 2.18. The number of hydrogen-bond acceptors (Lipinski definition) is 5. The lowest BCUT2D eigenvalue weighted by Gasteiger charge is -2.18. The zero-order valence-electron chi connectivity index (χ0n) is 13.4. The number of ether oxygens (including phenoxy) is 1. The number of carboxylic acids is 1. The second kappa shape index (κ2) is 10.2. The van der Waals surface area contributed by atoms with Gasteiger partial charge in [0.25, 0.3) is 0 Å². The van der Waals surface area contributed by atoms with E-state index in [0.717, 1.165) is 25.4 Å². The van der Waals surface area contributed by atoms with Crippen LogP contribution in [0.3, 0.4) is 0 Å². The summed E-state index contributed by atoms with van der Waals surface area (Å²) in [6.07, 6.45) is 0. The first kappa shape index (κ1) is 18.4. The third-order valence-corrected chi connectivity index (χ3v) is 3.52. The molecule has 0 bridgehead atoms. The smallest absolute Gasteiger partial charge is 0.325 e. The maximum atomic E-state index is 11.3. The van der Waals surface area contributed by atoms with E-state index in [-0.39, 0.29) is 0 Å². The zero-order valence-corrected chi connectivity index (χ0v) is 13.4. The van der Waals surface area contributed by atoms with Gasteiger partial charge in [-0.1, -0.05) is 26.0 Å². The van der Waals surface area contributed by atoms with E-state index in [1.165, 1.54) is 0 Å². The normalized spacial score (nSPS) is 12.4. The van der Waals surface area contributed by atoms with Gasteiger partial charge in [-0.15, -0.1) is 0 Å². The van der Waals surface area contributed by atoms with Crippen LogP contribution in [0.4, 0.5) is 0 Å². The molecule has 4 N–H and O–H groups in total. The molecule has 0 spiro atoms. The summed E-state index contributed by atoms with van der Waals surface area (Å²) in [4.78, 5) is 13.5. The third kappa shape index (κ3) is 6.01. The van der Waals surface area contributed by atoms with Gasteiger partial charge in [-0.25, -0.2) is 0 Å². The van der Waals surface area contributed by atoms with E-state index in [0.29, 0.717) is 25.3 Å². The number of nitrogens with one attached hydrogen (secondary N) is 1. The fraction of sp³-hybridized carbons (Fsp3) is 0.562. The van der Waals surface area contributed by atoms with Crippen molar-refractivity contribution in [1.29, 1.82) is 0 Å². The summed E-state index contributed by atoms with van der Waals surface area (Å²) in [5.41, 5.74) is 6.09. The molecular formula is C16H27N3O3. The lowest BCUT2D eigenvalue weighted by Crippen LogP contribution is -2.32. The van der Waals surface area contributed by atoms with Crippen molar-refractivity contribution in [3.05, 3.63) is 29.8 Å². The van der Waals surface area contributed by atoms with E-state index in [9.17, 15) is 9.90 Å². The number of likely N-dealkylation sites (N-methyl/N-ethyl adjacent to an activating group) is 1. The van der Waals surface area contributed by atoms with Crippen molar-refractivity contribution < 1.29 is 14.6 Å². The molecule has 22 heavy (non-hydrogen) atoms. The average molecular weight is 309 g/mol. The number of carboxylic acid groups (broad SMARTS) is 1. The summed E-state index contributed by atoms with van der Waals surface area (Å²) >= 11 is 0. The molecule has 0 aliphatic carbocycles. The molecule has 6 nitrogen and oxygen atoms in total. The fourth-order valence-corrected chi connectivity index (χ4v) is 2.16. The van der Waals surface area contributed by atoms with Gasteiger partial charge in [0.15, 0.2) is 0 Å². The van der Waals surface area contributed by atoms with Crippen molar-refractivity contribution in [2.24, 2.45) is 5.73 Å². The number of rotatable bonds is 11. The minimum Gasteiger partial charge on any atom is -0.492 e. The molecule has 1 rings (SSSR count). The second-order valence-corrected chi connectivity index (χ2v) is 4.96. The molecule has 1 aromatic carbocycles. The van der Waals surface area contributed by atoms with Crippen molar-refractivity contribution in [3.63, 3.8) is 0 Å². The highest BCUT2D eigenvalue weighted by Crippen LogP contribution is 2.18. The van der Waals surface area contributed by atoms with Gasteiger partial charge in [0.1, 0.15) is 18.4 Å². The Morgan fingerprint density at radius 3 is 2.45 bits per heavy atom. The molecule has 0 amide bonds. The Balaban J connectivity index is 2.55. The van der Waals surface area contributed by atoms with Gasteiger partial charge in [-0.05, 0) is 30.8 Å². The van der Waals surface area contributed by atoms with Crippen LogP contribution in [0.5, 0.6) is 5.75 Å². The highest BCUT2D eigenvalue weighted by atomic mass is 16.5. The summed E-state index contributed by atoms with van der Waals surface area (Å²) in [5, 5.41) is 12.1. The van der Waals surface area contributed by atoms with Gasteiger partial charge in [-0.2, -0.15) is 0 Å². The average Bonchev–Trinajstić information content (AvgIpc) is 2.53.